The summed E-state index contributed by atoms with van der Waals surface area (Å²) in [6, 6.07) is 8.27. The number of amides is 1. The van der Waals surface area contributed by atoms with Gasteiger partial charge in [0.1, 0.15) is 0 Å². The van der Waals surface area contributed by atoms with Crippen molar-refractivity contribution in [1.82, 2.24) is 14.9 Å². The number of carbonyl (C=O) groups excluding carboxylic acids is 1. The summed E-state index contributed by atoms with van der Waals surface area (Å²) in [7, 11) is 0. The molecule has 3 rings (SSSR count). The van der Waals surface area contributed by atoms with E-state index in [1.54, 1.807) is 12.5 Å². The molecule has 0 radical (unpaired) electrons. The summed E-state index contributed by atoms with van der Waals surface area (Å²) in [4.78, 5) is 16.1. The fourth-order valence-electron chi connectivity index (χ4n) is 3.07. The molecule has 0 aliphatic heterocycles. The summed E-state index contributed by atoms with van der Waals surface area (Å²) in [5.74, 6) is 0.438. The number of nitrogens with zero attached hydrogens (tertiary/aromatic N) is 2. The van der Waals surface area contributed by atoms with Crippen LogP contribution in [0.1, 0.15) is 31.2 Å². The van der Waals surface area contributed by atoms with Crippen molar-refractivity contribution in [3.63, 3.8) is 0 Å². The van der Waals surface area contributed by atoms with Crippen molar-refractivity contribution in [2.45, 2.75) is 38.3 Å². The molecule has 1 heterocycles. The number of aromatic nitrogens is 2. The Balaban J connectivity index is 0.00000144. The summed E-state index contributed by atoms with van der Waals surface area (Å²) in [5, 5.41) is 3.00. The fourth-order valence-corrected chi connectivity index (χ4v) is 3.07. The number of hydrogen-bond acceptors (Lipinski definition) is 3. The van der Waals surface area contributed by atoms with E-state index >= 15 is 0 Å². The zero-order valence-corrected chi connectivity index (χ0v) is 15.1. The van der Waals surface area contributed by atoms with Gasteiger partial charge in [-0.3, -0.25) is 4.79 Å². The van der Waals surface area contributed by atoms with Crippen molar-refractivity contribution in [3.05, 3.63) is 48.5 Å². The average molecular weight is 371 g/mol. The minimum Gasteiger partial charge on any atom is -0.352 e. The molecule has 1 aliphatic carbocycles. The molecule has 0 bridgehead atoms. The molecule has 3 N–H and O–H groups in total. The van der Waals surface area contributed by atoms with Gasteiger partial charge in [0.15, 0.2) is 0 Å². The van der Waals surface area contributed by atoms with E-state index in [-0.39, 0.29) is 36.8 Å². The van der Waals surface area contributed by atoms with Crippen LogP contribution in [0.4, 0.5) is 0 Å². The molecule has 5 nitrogen and oxygen atoms in total. The summed E-state index contributed by atoms with van der Waals surface area (Å²) in [6.07, 6.45) is 9.22. The molecule has 7 heteroatoms. The highest BCUT2D eigenvalue weighted by atomic mass is 35.5. The Morgan fingerprint density at radius 3 is 2.83 bits per heavy atom. The van der Waals surface area contributed by atoms with E-state index in [0.717, 1.165) is 30.5 Å². The molecule has 1 fully saturated rings. The molecule has 0 unspecified atom stereocenters. The molecule has 1 saturated carbocycles. The van der Waals surface area contributed by atoms with Crippen molar-refractivity contribution in [2.75, 3.05) is 0 Å². The average Bonchev–Trinajstić information content (AvgIpc) is 3.18. The first-order chi connectivity index (χ1) is 10.7. The van der Waals surface area contributed by atoms with E-state index in [9.17, 15) is 4.79 Å². The predicted molar refractivity (Wildman–Crippen MR) is 99.8 cm³/mol. The van der Waals surface area contributed by atoms with Gasteiger partial charge in [-0.15, -0.1) is 24.8 Å². The zero-order chi connectivity index (χ0) is 15.4. The van der Waals surface area contributed by atoms with Gasteiger partial charge in [0.25, 0.3) is 0 Å². The van der Waals surface area contributed by atoms with Gasteiger partial charge in [-0.2, -0.15) is 0 Å². The topological polar surface area (TPSA) is 72.9 Å². The van der Waals surface area contributed by atoms with Crippen LogP contribution in [-0.4, -0.2) is 21.5 Å². The maximum Gasteiger partial charge on any atom is 0.220 e. The number of nitrogens with two attached hydrogens (primary N) is 1. The highest BCUT2D eigenvalue weighted by molar-refractivity contribution is 5.85. The normalized spacial score (nSPS) is 19.2. The molecular formula is C17H24Cl2N4O. The Labute approximate surface area is 154 Å². The lowest BCUT2D eigenvalue weighted by Crippen LogP contribution is -2.31. The molecule has 2 aromatic rings. The summed E-state index contributed by atoms with van der Waals surface area (Å²) < 4.78 is 1.95. The number of benzene rings is 1. The second-order valence-corrected chi connectivity index (χ2v) is 5.98. The summed E-state index contributed by atoms with van der Waals surface area (Å²) in [6.45, 7) is 0.545. The predicted octanol–water partition coefficient (Wildman–Crippen LogP) is 2.85. The van der Waals surface area contributed by atoms with Crippen LogP contribution in [0.25, 0.3) is 5.69 Å². The van der Waals surface area contributed by atoms with Crippen LogP contribution in [0.3, 0.4) is 0 Å². The van der Waals surface area contributed by atoms with Gasteiger partial charge in [0.05, 0.1) is 6.33 Å². The number of nitrogens with one attached hydrogen (secondary N) is 1. The Bertz CT molecular complexity index is 633. The second-order valence-electron chi connectivity index (χ2n) is 5.98. The molecule has 0 spiro atoms. The molecule has 24 heavy (non-hydrogen) atoms. The van der Waals surface area contributed by atoms with E-state index in [2.05, 4.69) is 16.4 Å². The van der Waals surface area contributed by atoms with Crippen LogP contribution in [0.5, 0.6) is 0 Å². The van der Waals surface area contributed by atoms with Gasteiger partial charge in [0.2, 0.25) is 5.91 Å². The Hall–Kier alpha value is -1.56. The van der Waals surface area contributed by atoms with Crippen molar-refractivity contribution in [2.24, 2.45) is 11.7 Å². The smallest absolute Gasteiger partial charge is 0.220 e. The highest BCUT2D eigenvalue weighted by Gasteiger charge is 2.25. The lowest BCUT2D eigenvalue weighted by molar-refractivity contribution is -0.122. The zero-order valence-electron chi connectivity index (χ0n) is 13.4. The van der Waals surface area contributed by atoms with Crippen LogP contribution in [-0.2, 0) is 11.3 Å². The highest BCUT2D eigenvalue weighted by Crippen LogP contribution is 2.26. The number of carbonyl (C=O) groups is 1. The van der Waals surface area contributed by atoms with Crippen LogP contribution in [0.2, 0.25) is 0 Å². The van der Waals surface area contributed by atoms with Gasteiger partial charge in [-0.05, 0) is 36.5 Å². The third-order valence-electron chi connectivity index (χ3n) is 4.37. The van der Waals surface area contributed by atoms with Crippen LogP contribution in [0.15, 0.2) is 43.0 Å². The molecule has 0 saturated heterocycles. The third-order valence-corrected chi connectivity index (χ3v) is 4.37. The first-order valence-corrected chi connectivity index (χ1v) is 7.82. The van der Waals surface area contributed by atoms with Crippen LogP contribution in [0, 0.1) is 5.92 Å². The van der Waals surface area contributed by atoms with E-state index in [0.29, 0.717) is 18.9 Å². The van der Waals surface area contributed by atoms with E-state index < -0.39 is 0 Å². The molecule has 1 aliphatic rings. The van der Waals surface area contributed by atoms with Crippen molar-refractivity contribution in [3.8, 4) is 5.69 Å². The third kappa shape index (κ3) is 5.23. The minimum absolute atomic E-state index is 0. The largest absolute Gasteiger partial charge is 0.352 e. The van der Waals surface area contributed by atoms with Crippen LogP contribution < -0.4 is 11.1 Å². The van der Waals surface area contributed by atoms with Crippen molar-refractivity contribution >= 4 is 30.7 Å². The number of rotatable bonds is 5. The Kier molecular flexibility index (Phi) is 8.25. The number of imidazole rings is 1. The van der Waals surface area contributed by atoms with Crippen LogP contribution >= 0.6 is 24.8 Å². The summed E-state index contributed by atoms with van der Waals surface area (Å²) in [5.41, 5.74) is 8.14. The van der Waals surface area contributed by atoms with Crippen molar-refractivity contribution < 1.29 is 4.79 Å². The van der Waals surface area contributed by atoms with Gasteiger partial charge in [-0.25, -0.2) is 4.98 Å². The SMILES string of the molecule is Cl.Cl.N[C@@H]1CCC[C@H]1CC(=O)NCc1cccc(-n2ccnc2)c1. The number of halogens is 2. The molecular weight excluding hydrogens is 347 g/mol. The Morgan fingerprint density at radius 1 is 1.33 bits per heavy atom. The van der Waals surface area contributed by atoms with Gasteiger partial charge in [-0.1, -0.05) is 18.6 Å². The Morgan fingerprint density at radius 2 is 2.17 bits per heavy atom. The van der Waals surface area contributed by atoms with Gasteiger partial charge >= 0.3 is 0 Å². The molecule has 132 valence electrons. The lowest BCUT2D eigenvalue weighted by Gasteiger charge is -2.15. The maximum atomic E-state index is 12.0. The molecule has 1 amide bonds. The van der Waals surface area contributed by atoms with Gasteiger partial charge in [0, 0.05) is 37.1 Å². The molecule has 1 aromatic heterocycles. The first kappa shape index (κ1) is 20.5. The lowest BCUT2D eigenvalue weighted by atomic mass is 10.00. The quantitative estimate of drug-likeness (QED) is 0.849. The fraction of sp³-hybridized carbons (Fsp3) is 0.412. The summed E-state index contributed by atoms with van der Waals surface area (Å²) >= 11 is 0. The minimum atomic E-state index is 0. The van der Waals surface area contributed by atoms with E-state index in [1.807, 2.05) is 29.0 Å². The monoisotopic (exact) mass is 370 g/mol. The van der Waals surface area contributed by atoms with E-state index in [4.69, 9.17) is 5.73 Å². The first-order valence-electron chi connectivity index (χ1n) is 7.82. The standard InChI is InChI=1S/C17H22N4O.2ClH/c18-16-6-2-4-14(16)10-17(22)20-11-13-3-1-5-15(9-13)21-8-7-19-12-21;;/h1,3,5,7-9,12,14,16H,2,4,6,10-11,18H2,(H,20,22);2*1H/t14-,16+;;/m0../s1. The molecule has 1 aromatic carbocycles. The number of hydrogen-bond donors (Lipinski definition) is 2. The second kappa shape index (κ2) is 9.67. The van der Waals surface area contributed by atoms with Crippen molar-refractivity contribution in [1.29, 1.82) is 0 Å². The maximum absolute atomic E-state index is 12.0. The van der Waals surface area contributed by atoms with Gasteiger partial charge < -0.3 is 15.6 Å². The molecule has 2 atom stereocenters. The van der Waals surface area contributed by atoms with E-state index in [1.165, 1.54) is 0 Å².